The molecular formula is C13H11F3N2O2S. The van der Waals surface area contributed by atoms with Crippen LogP contribution in [0.15, 0.2) is 41.3 Å². The maximum Gasteiger partial charge on any atom is 0.243 e. The van der Waals surface area contributed by atoms with Crippen LogP contribution in [0.5, 0.6) is 0 Å². The molecule has 2 aromatic rings. The summed E-state index contributed by atoms with van der Waals surface area (Å²) in [7, 11) is -4.21. The molecule has 0 heterocycles. The van der Waals surface area contributed by atoms with E-state index in [0.717, 1.165) is 30.3 Å². The van der Waals surface area contributed by atoms with Crippen molar-refractivity contribution in [1.29, 1.82) is 0 Å². The number of rotatable bonds is 4. The molecule has 112 valence electrons. The quantitative estimate of drug-likeness (QED) is 0.849. The number of hydrogen-bond donors (Lipinski definition) is 2. The van der Waals surface area contributed by atoms with Gasteiger partial charge in [0.05, 0.1) is 0 Å². The van der Waals surface area contributed by atoms with E-state index in [0.29, 0.717) is 0 Å². The summed E-state index contributed by atoms with van der Waals surface area (Å²) in [6.07, 6.45) is 0. The minimum absolute atomic E-state index is 0.0719. The number of benzene rings is 2. The summed E-state index contributed by atoms with van der Waals surface area (Å²) >= 11 is 0. The first-order valence-corrected chi connectivity index (χ1v) is 7.26. The normalized spacial score (nSPS) is 11.6. The zero-order valence-corrected chi connectivity index (χ0v) is 11.4. The molecule has 3 N–H and O–H groups in total. The maximum atomic E-state index is 13.6. The van der Waals surface area contributed by atoms with Gasteiger partial charge in [-0.25, -0.2) is 26.3 Å². The smallest absolute Gasteiger partial charge is 0.243 e. The summed E-state index contributed by atoms with van der Waals surface area (Å²) in [5.41, 5.74) is 5.21. The van der Waals surface area contributed by atoms with Crippen LogP contribution in [-0.2, 0) is 16.6 Å². The molecule has 0 radical (unpaired) electrons. The van der Waals surface area contributed by atoms with E-state index in [4.69, 9.17) is 5.73 Å². The van der Waals surface area contributed by atoms with Crippen LogP contribution >= 0.6 is 0 Å². The zero-order valence-electron chi connectivity index (χ0n) is 10.6. The number of halogens is 3. The molecule has 4 nitrogen and oxygen atoms in total. The van der Waals surface area contributed by atoms with Crippen molar-refractivity contribution in [2.75, 3.05) is 5.73 Å². The van der Waals surface area contributed by atoms with Crippen molar-refractivity contribution in [2.24, 2.45) is 0 Å². The van der Waals surface area contributed by atoms with E-state index >= 15 is 0 Å². The average molecular weight is 316 g/mol. The van der Waals surface area contributed by atoms with Gasteiger partial charge in [0.1, 0.15) is 22.3 Å². The lowest BCUT2D eigenvalue weighted by atomic mass is 10.2. The Morgan fingerprint density at radius 3 is 2.38 bits per heavy atom. The Morgan fingerprint density at radius 1 is 1.00 bits per heavy atom. The van der Waals surface area contributed by atoms with Crippen LogP contribution in [0.1, 0.15) is 5.56 Å². The Balaban J connectivity index is 2.24. The molecular weight excluding hydrogens is 305 g/mol. The van der Waals surface area contributed by atoms with Crippen molar-refractivity contribution in [3.8, 4) is 0 Å². The van der Waals surface area contributed by atoms with Crippen LogP contribution in [-0.4, -0.2) is 8.42 Å². The SMILES string of the molecule is Nc1ccc(S(=O)(=O)NCc2cc(F)ccc2F)c(F)c1. The highest BCUT2D eigenvalue weighted by Crippen LogP contribution is 2.18. The maximum absolute atomic E-state index is 13.6. The van der Waals surface area contributed by atoms with E-state index < -0.39 is 38.9 Å². The summed E-state index contributed by atoms with van der Waals surface area (Å²) in [5, 5.41) is 0. The Kier molecular flexibility index (Phi) is 4.19. The summed E-state index contributed by atoms with van der Waals surface area (Å²) in [4.78, 5) is -0.617. The number of nitrogen functional groups attached to an aromatic ring is 1. The fraction of sp³-hybridized carbons (Fsp3) is 0.0769. The van der Waals surface area contributed by atoms with Gasteiger partial charge in [-0.15, -0.1) is 0 Å². The van der Waals surface area contributed by atoms with Crippen LogP contribution in [0.3, 0.4) is 0 Å². The van der Waals surface area contributed by atoms with Gasteiger partial charge < -0.3 is 5.73 Å². The van der Waals surface area contributed by atoms with Gasteiger partial charge in [0.25, 0.3) is 0 Å². The molecule has 21 heavy (non-hydrogen) atoms. The summed E-state index contributed by atoms with van der Waals surface area (Å²) in [5.74, 6) is -2.50. The van der Waals surface area contributed by atoms with Crippen LogP contribution in [0.4, 0.5) is 18.9 Å². The van der Waals surface area contributed by atoms with Gasteiger partial charge in [-0.1, -0.05) is 0 Å². The Bertz CT molecular complexity index is 779. The van der Waals surface area contributed by atoms with Crippen molar-refractivity contribution < 1.29 is 21.6 Å². The van der Waals surface area contributed by atoms with Crippen molar-refractivity contribution in [3.05, 3.63) is 59.4 Å². The van der Waals surface area contributed by atoms with Crippen LogP contribution in [0, 0.1) is 17.5 Å². The summed E-state index contributed by atoms with van der Waals surface area (Å²) < 4.78 is 65.8. The fourth-order valence-corrected chi connectivity index (χ4v) is 2.73. The van der Waals surface area contributed by atoms with Gasteiger partial charge >= 0.3 is 0 Å². The van der Waals surface area contributed by atoms with Crippen molar-refractivity contribution in [2.45, 2.75) is 11.4 Å². The van der Waals surface area contributed by atoms with Gasteiger partial charge in [-0.3, -0.25) is 0 Å². The third kappa shape index (κ3) is 3.53. The highest BCUT2D eigenvalue weighted by atomic mass is 32.2. The molecule has 0 bridgehead atoms. The molecule has 2 aromatic carbocycles. The summed E-state index contributed by atoms with van der Waals surface area (Å²) in [6.45, 7) is -0.504. The van der Waals surface area contributed by atoms with Crippen LogP contribution in [0.25, 0.3) is 0 Å². The highest BCUT2D eigenvalue weighted by Gasteiger charge is 2.19. The lowest BCUT2D eigenvalue weighted by molar-refractivity contribution is 0.551. The molecule has 0 spiro atoms. The second kappa shape index (κ2) is 5.74. The zero-order chi connectivity index (χ0) is 15.6. The Labute approximate surface area is 119 Å². The molecule has 8 heteroatoms. The molecule has 0 saturated heterocycles. The highest BCUT2D eigenvalue weighted by molar-refractivity contribution is 7.89. The first kappa shape index (κ1) is 15.3. The molecule has 0 unspecified atom stereocenters. The van der Waals surface area contributed by atoms with Gasteiger partial charge in [-0.2, -0.15) is 0 Å². The van der Waals surface area contributed by atoms with E-state index in [1.165, 1.54) is 6.07 Å². The van der Waals surface area contributed by atoms with E-state index in [-0.39, 0.29) is 11.3 Å². The van der Waals surface area contributed by atoms with Gasteiger partial charge in [0, 0.05) is 17.8 Å². The minimum Gasteiger partial charge on any atom is -0.399 e. The minimum atomic E-state index is -4.21. The number of sulfonamides is 1. The molecule has 0 aromatic heterocycles. The molecule has 0 aliphatic carbocycles. The van der Waals surface area contributed by atoms with E-state index in [1.54, 1.807) is 0 Å². The van der Waals surface area contributed by atoms with E-state index in [1.807, 2.05) is 4.72 Å². The van der Waals surface area contributed by atoms with Gasteiger partial charge in [0.2, 0.25) is 10.0 Å². The molecule has 0 saturated carbocycles. The Morgan fingerprint density at radius 2 is 1.71 bits per heavy atom. The Hall–Kier alpha value is -2.06. The monoisotopic (exact) mass is 316 g/mol. The molecule has 0 aliphatic rings. The molecule has 0 atom stereocenters. The van der Waals surface area contributed by atoms with E-state index in [2.05, 4.69) is 0 Å². The first-order chi connectivity index (χ1) is 9.79. The average Bonchev–Trinajstić information content (AvgIpc) is 2.39. The number of nitrogens with two attached hydrogens (primary N) is 1. The molecule has 2 rings (SSSR count). The van der Waals surface area contributed by atoms with Gasteiger partial charge in [0.15, 0.2) is 0 Å². The largest absolute Gasteiger partial charge is 0.399 e. The standard InChI is InChI=1S/C13H11F3N2O2S/c14-9-1-3-11(15)8(5-9)7-18-21(19,20)13-4-2-10(17)6-12(13)16/h1-6,18H,7,17H2. The lowest BCUT2D eigenvalue weighted by Gasteiger charge is -2.09. The van der Waals surface area contributed by atoms with E-state index in [9.17, 15) is 21.6 Å². The second-order valence-electron chi connectivity index (χ2n) is 4.25. The lowest BCUT2D eigenvalue weighted by Crippen LogP contribution is -2.24. The van der Waals surface area contributed by atoms with Crippen molar-refractivity contribution >= 4 is 15.7 Å². The first-order valence-electron chi connectivity index (χ1n) is 5.78. The van der Waals surface area contributed by atoms with Crippen molar-refractivity contribution in [1.82, 2.24) is 4.72 Å². The predicted octanol–water partition coefficient (Wildman–Crippen LogP) is 2.16. The predicted molar refractivity (Wildman–Crippen MR) is 71.2 cm³/mol. The third-order valence-corrected chi connectivity index (χ3v) is 4.14. The summed E-state index contributed by atoms with van der Waals surface area (Å²) in [6, 6.07) is 5.72. The fourth-order valence-electron chi connectivity index (χ4n) is 1.66. The molecule has 0 amide bonds. The number of nitrogens with one attached hydrogen (secondary N) is 1. The van der Waals surface area contributed by atoms with Crippen molar-refractivity contribution in [3.63, 3.8) is 0 Å². The molecule has 0 fully saturated rings. The number of hydrogen-bond acceptors (Lipinski definition) is 3. The third-order valence-electron chi connectivity index (χ3n) is 2.71. The topological polar surface area (TPSA) is 72.2 Å². The second-order valence-corrected chi connectivity index (χ2v) is 5.99. The molecule has 0 aliphatic heterocycles. The van der Waals surface area contributed by atoms with Crippen LogP contribution < -0.4 is 10.5 Å². The number of anilines is 1. The van der Waals surface area contributed by atoms with Crippen LogP contribution in [0.2, 0.25) is 0 Å². The van der Waals surface area contributed by atoms with Gasteiger partial charge in [-0.05, 0) is 36.4 Å².